The third-order valence-corrected chi connectivity index (χ3v) is 4.84. The molecule has 1 fully saturated rings. The molecule has 4 rings (SSSR count). The molecule has 0 aliphatic heterocycles. The molecule has 28 heavy (non-hydrogen) atoms. The quantitative estimate of drug-likeness (QED) is 0.629. The summed E-state index contributed by atoms with van der Waals surface area (Å²) < 4.78 is 11.6. The van der Waals surface area contributed by atoms with Gasteiger partial charge in [-0.05, 0) is 73.7 Å². The third-order valence-electron chi connectivity index (χ3n) is 4.84. The molecule has 5 heteroatoms. The van der Waals surface area contributed by atoms with Crippen LogP contribution in [-0.4, -0.2) is 17.5 Å². The van der Waals surface area contributed by atoms with Gasteiger partial charge in [-0.3, -0.25) is 4.79 Å². The first-order valence-electron chi connectivity index (χ1n) is 9.65. The van der Waals surface area contributed by atoms with E-state index < -0.39 is 0 Å². The second-order valence-electron chi connectivity index (χ2n) is 7.35. The highest BCUT2D eigenvalue weighted by Gasteiger charge is 2.21. The normalized spacial score (nSPS) is 14.5. The smallest absolute Gasteiger partial charge is 0.219 e. The molecule has 1 saturated carbocycles. The fourth-order valence-electron chi connectivity index (χ4n) is 3.06. The minimum atomic E-state index is -0.0431. The van der Waals surface area contributed by atoms with Crippen molar-refractivity contribution >= 4 is 16.8 Å². The number of ether oxygens (including phenoxy) is 2. The number of fused-ring (bicyclic) bond motifs is 1. The van der Waals surface area contributed by atoms with E-state index in [-0.39, 0.29) is 11.9 Å². The van der Waals surface area contributed by atoms with E-state index >= 15 is 0 Å². The zero-order valence-corrected chi connectivity index (χ0v) is 16.1. The second-order valence-corrected chi connectivity index (χ2v) is 7.35. The molecule has 5 nitrogen and oxygen atoms in total. The van der Waals surface area contributed by atoms with Crippen molar-refractivity contribution in [2.24, 2.45) is 5.92 Å². The molecule has 1 amide bonds. The lowest BCUT2D eigenvalue weighted by molar-refractivity contribution is -0.119. The van der Waals surface area contributed by atoms with Crippen molar-refractivity contribution in [2.75, 3.05) is 6.61 Å². The van der Waals surface area contributed by atoms with Gasteiger partial charge in [0.15, 0.2) is 0 Å². The van der Waals surface area contributed by atoms with E-state index in [1.807, 2.05) is 61.5 Å². The summed E-state index contributed by atoms with van der Waals surface area (Å²) in [5, 5.41) is 3.90. The molecule has 1 heterocycles. The van der Waals surface area contributed by atoms with Crippen molar-refractivity contribution in [3.05, 3.63) is 60.2 Å². The van der Waals surface area contributed by atoms with E-state index in [0.717, 1.165) is 40.5 Å². The highest BCUT2D eigenvalue weighted by molar-refractivity contribution is 5.80. The molecule has 0 saturated heterocycles. The molecular weight excluding hydrogens is 352 g/mol. The molecular formula is C23H24N2O3. The molecule has 1 atom stereocenters. The number of amides is 1. The minimum Gasteiger partial charge on any atom is -0.493 e. The van der Waals surface area contributed by atoms with E-state index in [1.54, 1.807) is 0 Å². The predicted molar refractivity (Wildman–Crippen MR) is 109 cm³/mol. The van der Waals surface area contributed by atoms with Gasteiger partial charge in [0.25, 0.3) is 0 Å². The first-order valence-corrected chi connectivity index (χ1v) is 9.65. The molecule has 3 aromatic rings. The number of rotatable bonds is 7. The number of benzene rings is 2. The van der Waals surface area contributed by atoms with Crippen LogP contribution >= 0.6 is 0 Å². The van der Waals surface area contributed by atoms with Crippen LogP contribution in [0, 0.1) is 5.92 Å². The van der Waals surface area contributed by atoms with Crippen LogP contribution in [0.4, 0.5) is 0 Å². The van der Waals surface area contributed by atoms with Gasteiger partial charge >= 0.3 is 0 Å². The number of nitrogens with zero attached hydrogens (tertiary/aromatic N) is 1. The Bertz CT molecular complexity index is 981. The van der Waals surface area contributed by atoms with Crippen LogP contribution in [0.25, 0.3) is 10.9 Å². The first-order chi connectivity index (χ1) is 13.6. The predicted octanol–water partition coefficient (Wildman–Crippen LogP) is 5.01. The summed E-state index contributed by atoms with van der Waals surface area (Å²) in [6.07, 6.45) is 2.56. The lowest BCUT2D eigenvalue weighted by atomic mass is 10.1. The maximum absolute atomic E-state index is 11.3. The number of carbonyl (C=O) groups is 1. The highest BCUT2D eigenvalue weighted by Crippen LogP contribution is 2.30. The Balaban J connectivity index is 1.44. The monoisotopic (exact) mass is 376 g/mol. The van der Waals surface area contributed by atoms with Gasteiger partial charge in [0.05, 0.1) is 18.2 Å². The maximum Gasteiger partial charge on any atom is 0.219 e. The van der Waals surface area contributed by atoms with Gasteiger partial charge in [0.1, 0.15) is 11.5 Å². The van der Waals surface area contributed by atoms with E-state index in [2.05, 4.69) is 10.3 Å². The first kappa shape index (κ1) is 18.3. The summed E-state index contributed by atoms with van der Waals surface area (Å²) in [5.74, 6) is 2.83. The molecule has 2 aromatic carbocycles. The van der Waals surface area contributed by atoms with Gasteiger partial charge < -0.3 is 14.8 Å². The number of hydrogen-bond acceptors (Lipinski definition) is 4. The van der Waals surface area contributed by atoms with Crippen LogP contribution in [0.1, 0.15) is 38.3 Å². The van der Waals surface area contributed by atoms with E-state index in [9.17, 15) is 4.79 Å². The van der Waals surface area contributed by atoms with Gasteiger partial charge in [-0.15, -0.1) is 0 Å². The van der Waals surface area contributed by atoms with Crippen LogP contribution in [-0.2, 0) is 4.79 Å². The number of hydrogen-bond donors (Lipinski definition) is 1. The Morgan fingerprint density at radius 3 is 2.57 bits per heavy atom. The van der Waals surface area contributed by atoms with Gasteiger partial charge in [-0.1, -0.05) is 6.07 Å². The zero-order chi connectivity index (χ0) is 19.5. The van der Waals surface area contributed by atoms with Gasteiger partial charge in [-0.2, -0.15) is 0 Å². The summed E-state index contributed by atoms with van der Waals surface area (Å²) in [6, 6.07) is 17.4. The fraction of sp³-hybridized carbons (Fsp3) is 0.304. The molecule has 0 spiro atoms. The molecule has 1 aromatic heterocycles. The van der Waals surface area contributed by atoms with Gasteiger partial charge in [-0.25, -0.2) is 4.98 Å². The van der Waals surface area contributed by atoms with E-state index in [4.69, 9.17) is 9.47 Å². The lowest BCUT2D eigenvalue weighted by Crippen LogP contribution is -2.23. The largest absolute Gasteiger partial charge is 0.493 e. The molecule has 1 aliphatic rings. The summed E-state index contributed by atoms with van der Waals surface area (Å²) in [6.45, 7) is 4.29. The fourth-order valence-corrected chi connectivity index (χ4v) is 3.06. The standard InChI is InChI=1S/C23H24N2O3/c1-15(24-16(2)26)18-5-11-22-19(13-18)6-12-23(25-22)28-21-9-7-20(8-10-21)27-14-17-3-4-17/h5-13,15,17H,3-4,14H2,1-2H3,(H,24,26). The van der Waals surface area contributed by atoms with Crippen LogP contribution < -0.4 is 14.8 Å². The maximum atomic E-state index is 11.3. The number of aromatic nitrogens is 1. The minimum absolute atomic E-state index is 0.0431. The number of pyridine rings is 1. The van der Waals surface area contributed by atoms with Crippen molar-refractivity contribution in [3.8, 4) is 17.4 Å². The van der Waals surface area contributed by atoms with Crippen molar-refractivity contribution in [2.45, 2.75) is 32.7 Å². The zero-order valence-electron chi connectivity index (χ0n) is 16.1. The van der Waals surface area contributed by atoms with Crippen molar-refractivity contribution < 1.29 is 14.3 Å². The Morgan fingerprint density at radius 2 is 1.86 bits per heavy atom. The van der Waals surface area contributed by atoms with Crippen LogP contribution in [0.3, 0.4) is 0 Å². The molecule has 1 aliphatic carbocycles. The summed E-state index contributed by atoms with van der Waals surface area (Å²) in [5.41, 5.74) is 1.89. The number of nitrogens with one attached hydrogen (secondary N) is 1. The molecule has 0 radical (unpaired) electrons. The summed E-state index contributed by atoms with van der Waals surface area (Å²) in [4.78, 5) is 15.8. The molecule has 144 valence electrons. The second kappa shape index (κ2) is 7.89. The van der Waals surface area contributed by atoms with Crippen LogP contribution in [0.5, 0.6) is 17.4 Å². The average molecular weight is 376 g/mol. The Morgan fingerprint density at radius 1 is 1.11 bits per heavy atom. The van der Waals surface area contributed by atoms with Crippen LogP contribution in [0.15, 0.2) is 54.6 Å². The SMILES string of the molecule is CC(=O)NC(C)c1ccc2nc(Oc3ccc(OCC4CC4)cc3)ccc2c1. The Hall–Kier alpha value is -3.08. The highest BCUT2D eigenvalue weighted by atomic mass is 16.5. The molecule has 0 bridgehead atoms. The molecule has 1 N–H and O–H groups in total. The number of carbonyl (C=O) groups excluding carboxylic acids is 1. The Kier molecular flexibility index (Phi) is 5.15. The van der Waals surface area contributed by atoms with Gasteiger partial charge in [0.2, 0.25) is 11.8 Å². The van der Waals surface area contributed by atoms with Crippen molar-refractivity contribution in [3.63, 3.8) is 0 Å². The third kappa shape index (κ3) is 4.60. The van der Waals surface area contributed by atoms with E-state index in [1.165, 1.54) is 19.8 Å². The molecule has 1 unspecified atom stereocenters. The van der Waals surface area contributed by atoms with E-state index in [0.29, 0.717) is 5.88 Å². The van der Waals surface area contributed by atoms with Crippen LogP contribution in [0.2, 0.25) is 0 Å². The van der Waals surface area contributed by atoms with Gasteiger partial charge in [0, 0.05) is 18.4 Å². The summed E-state index contributed by atoms with van der Waals surface area (Å²) >= 11 is 0. The Labute approximate surface area is 164 Å². The average Bonchev–Trinajstić information content (AvgIpc) is 3.51. The van der Waals surface area contributed by atoms with Crippen molar-refractivity contribution in [1.82, 2.24) is 10.3 Å². The topological polar surface area (TPSA) is 60.5 Å². The van der Waals surface area contributed by atoms with Crippen molar-refractivity contribution in [1.29, 1.82) is 0 Å². The lowest BCUT2D eigenvalue weighted by Gasteiger charge is -2.13. The summed E-state index contributed by atoms with van der Waals surface area (Å²) in [7, 11) is 0.